The largest absolute Gasteiger partial charge is 0.497 e. The molecule has 110 valence electrons. The average molecular weight is 277 g/mol. The maximum absolute atomic E-state index is 11.9. The Morgan fingerprint density at radius 1 is 1.40 bits per heavy atom. The fourth-order valence-electron chi connectivity index (χ4n) is 2.72. The number of rotatable bonds is 5. The SMILES string of the molecule is COc1cccc(NC(=O)NCC2(CN)CCCC2)c1. The molecule has 1 aromatic rings. The molecular weight excluding hydrogens is 254 g/mol. The Morgan fingerprint density at radius 3 is 2.80 bits per heavy atom. The Hall–Kier alpha value is -1.75. The van der Waals surface area contributed by atoms with Crippen LogP contribution in [0.2, 0.25) is 0 Å². The van der Waals surface area contributed by atoms with Crippen LogP contribution in [0.25, 0.3) is 0 Å². The first-order chi connectivity index (χ1) is 9.67. The van der Waals surface area contributed by atoms with Gasteiger partial charge in [-0.3, -0.25) is 0 Å². The maximum atomic E-state index is 11.9. The van der Waals surface area contributed by atoms with Crippen LogP contribution >= 0.6 is 0 Å². The quantitative estimate of drug-likeness (QED) is 0.773. The molecule has 2 amide bonds. The van der Waals surface area contributed by atoms with Crippen LogP contribution in [0.1, 0.15) is 25.7 Å². The third-order valence-corrected chi connectivity index (χ3v) is 4.05. The number of nitrogens with one attached hydrogen (secondary N) is 2. The molecule has 0 atom stereocenters. The van der Waals surface area contributed by atoms with E-state index in [0.717, 1.165) is 24.3 Å². The van der Waals surface area contributed by atoms with E-state index in [4.69, 9.17) is 10.5 Å². The summed E-state index contributed by atoms with van der Waals surface area (Å²) < 4.78 is 5.12. The predicted octanol–water partition coefficient (Wildman–Crippen LogP) is 2.34. The number of hydrogen-bond donors (Lipinski definition) is 3. The van der Waals surface area contributed by atoms with Gasteiger partial charge < -0.3 is 21.1 Å². The summed E-state index contributed by atoms with van der Waals surface area (Å²) in [6.07, 6.45) is 4.61. The van der Waals surface area contributed by atoms with E-state index in [0.29, 0.717) is 13.1 Å². The number of urea groups is 1. The minimum atomic E-state index is -0.196. The monoisotopic (exact) mass is 277 g/mol. The summed E-state index contributed by atoms with van der Waals surface area (Å²) in [6.45, 7) is 1.27. The van der Waals surface area contributed by atoms with Crippen molar-refractivity contribution in [3.05, 3.63) is 24.3 Å². The average Bonchev–Trinajstić information content (AvgIpc) is 2.95. The maximum Gasteiger partial charge on any atom is 0.319 e. The van der Waals surface area contributed by atoms with Gasteiger partial charge in [-0.15, -0.1) is 0 Å². The second-order valence-corrected chi connectivity index (χ2v) is 5.45. The van der Waals surface area contributed by atoms with Crippen molar-refractivity contribution in [3.8, 4) is 5.75 Å². The highest BCUT2D eigenvalue weighted by atomic mass is 16.5. The van der Waals surface area contributed by atoms with E-state index in [1.54, 1.807) is 13.2 Å². The highest BCUT2D eigenvalue weighted by Gasteiger charge is 2.32. The second-order valence-electron chi connectivity index (χ2n) is 5.45. The summed E-state index contributed by atoms with van der Waals surface area (Å²) in [6, 6.07) is 7.10. The Morgan fingerprint density at radius 2 is 2.15 bits per heavy atom. The van der Waals surface area contributed by atoms with Crippen LogP contribution < -0.4 is 21.1 Å². The number of nitrogens with two attached hydrogens (primary N) is 1. The van der Waals surface area contributed by atoms with Gasteiger partial charge in [0.05, 0.1) is 7.11 Å². The summed E-state index contributed by atoms with van der Waals surface area (Å²) in [5.41, 5.74) is 6.66. The molecule has 0 bridgehead atoms. The van der Waals surface area contributed by atoms with Crippen molar-refractivity contribution < 1.29 is 9.53 Å². The van der Waals surface area contributed by atoms with E-state index in [2.05, 4.69) is 10.6 Å². The molecule has 0 unspecified atom stereocenters. The molecule has 0 radical (unpaired) electrons. The van der Waals surface area contributed by atoms with E-state index in [1.165, 1.54) is 12.8 Å². The zero-order chi connectivity index (χ0) is 14.4. The van der Waals surface area contributed by atoms with Gasteiger partial charge in [0.1, 0.15) is 5.75 Å². The van der Waals surface area contributed by atoms with Crippen molar-refractivity contribution in [2.24, 2.45) is 11.1 Å². The van der Waals surface area contributed by atoms with Gasteiger partial charge >= 0.3 is 6.03 Å². The molecule has 4 N–H and O–H groups in total. The van der Waals surface area contributed by atoms with Crippen molar-refractivity contribution in [1.29, 1.82) is 0 Å². The van der Waals surface area contributed by atoms with Crippen LogP contribution in [0.15, 0.2) is 24.3 Å². The van der Waals surface area contributed by atoms with Gasteiger partial charge in [-0.25, -0.2) is 4.79 Å². The van der Waals surface area contributed by atoms with Crippen molar-refractivity contribution in [3.63, 3.8) is 0 Å². The lowest BCUT2D eigenvalue weighted by molar-refractivity contribution is 0.239. The Kier molecular flexibility index (Phi) is 4.84. The smallest absolute Gasteiger partial charge is 0.319 e. The molecule has 1 aromatic carbocycles. The van der Waals surface area contributed by atoms with Crippen molar-refractivity contribution >= 4 is 11.7 Å². The van der Waals surface area contributed by atoms with Crippen molar-refractivity contribution in [2.45, 2.75) is 25.7 Å². The number of anilines is 1. The van der Waals surface area contributed by atoms with E-state index in [1.807, 2.05) is 18.2 Å². The van der Waals surface area contributed by atoms with E-state index in [-0.39, 0.29) is 11.4 Å². The number of hydrogen-bond acceptors (Lipinski definition) is 3. The molecule has 1 aliphatic rings. The van der Waals surface area contributed by atoms with Gasteiger partial charge in [0, 0.05) is 23.7 Å². The first-order valence-corrected chi connectivity index (χ1v) is 7.06. The van der Waals surface area contributed by atoms with Gasteiger partial charge in [0.15, 0.2) is 0 Å². The fraction of sp³-hybridized carbons (Fsp3) is 0.533. The molecule has 0 aliphatic heterocycles. The summed E-state index contributed by atoms with van der Waals surface area (Å²) in [5.74, 6) is 0.719. The molecule has 1 aliphatic carbocycles. The minimum Gasteiger partial charge on any atom is -0.497 e. The molecule has 0 heterocycles. The van der Waals surface area contributed by atoms with Crippen LogP contribution in [0, 0.1) is 5.41 Å². The molecule has 1 fully saturated rings. The summed E-state index contributed by atoms with van der Waals surface area (Å²) in [7, 11) is 1.60. The molecule has 1 saturated carbocycles. The molecule has 5 nitrogen and oxygen atoms in total. The first-order valence-electron chi connectivity index (χ1n) is 7.06. The van der Waals surface area contributed by atoms with Crippen LogP contribution in [0.4, 0.5) is 10.5 Å². The third-order valence-electron chi connectivity index (χ3n) is 4.05. The normalized spacial score (nSPS) is 16.7. The number of methoxy groups -OCH3 is 1. The predicted molar refractivity (Wildman–Crippen MR) is 80.0 cm³/mol. The van der Waals surface area contributed by atoms with Crippen molar-refractivity contribution in [2.75, 3.05) is 25.5 Å². The van der Waals surface area contributed by atoms with Gasteiger partial charge in [-0.05, 0) is 31.5 Å². The Labute approximate surface area is 119 Å². The number of ether oxygens (including phenoxy) is 1. The lowest BCUT2D eigenvalue weighted by Gasteiger charge is -2.27. The standard InChI is InChI=1S/C15H23N3O2/c1-20-13-6-4-5-12(9-13)18-14(19)17-11-15(10-16)7-2-3-8-15/h4-6,9H,2-3,7-8,10-11,16H2,1H3,(H2,17,18,19). The number of carbonyl (C=O) groups excluding carboxylic acids is 1. The van der Waals surface area contributed by atoms with E-state index in [9.17, 15) is 4.79 Å². The van der Waals surface area contributed by atoms with E-state index < -0.39 is 0 Å². The van der Waals surface area contributed by atoms with Gasteiger partial charge in [-0.2, -0.15) is 0 Å². The summed E-state index contributed by atoms with van der Waals surface area (Å²) in [5, 5.41) is 5.74. The van der Waals surface area contributed by atoms with E-state index >= 15 is 0 Å². The van der Waals surface area contributed by atoms with Crippen LogP contribution in [0.3, 0.4) is 0 Å². The molecule has 20 heavy (non-hydrogen) atoms. The van der Waals surface area contributed by atoms with Gasteiger partial charge in [0.25, 0.3) is 0 Å². The zero-order valence-electron chi connectivity index (χ0n) is 11.9. The molecule has 0 spiro atoms. The highest BCUT2D eigenvalue weighted by Crippen LogP contribution is 2.36. The lowest BCUT2D eigenvalue weighted by Crippen LogP contribution is -2.42. The highest BCUT2D eigenvalue weighted by molar-refractivity contribution is 5.89. The molecule has 0 saturated heterocycles. The summed E-state index contributed by atoms with van der Waals surface area (Å²) in [4.78, 5) is 11.9. The molecule has 5 heteroatoms. The fourth-order valence-corrected chi connectivity index (χ4v) is 2.72. The first kappa shape index (κ1) is 14.7. The molecule has 0 aromatic heterocycles. The summed E-state index contributed by atoms with van der Waals surface area (Å²) >= 11 is 0. The van der Waals surface area contributed by atoms with Crippen LogP contribution in [-0.2, 0) is 0 Å². The third kappa shape index (κ3) is 3.63. The second kappa shape index (κ2) is 6.61. The number of benzene rings is 1. The van der Waals surface area contributed by atoms with Crippen LogP contribution in [-0.4, -0.2) is 26.2 Å². The lowest BCUT2D eigenvalue weighted by atomic mass is 9.86. The number of amides is 2. The molecular formula is C15H23N3O2. The number of carbonyl (C=O) groups is 1. The van der Waals surface area contributed by atoms with Gasteiger partial charge in [0.2, 0.25) is 0 Å². The zero-order valence-corrected chi connectivity index (χ0v) is 11.9. The van der Waals surface area contributed by atoms with Crippen LogP contribution in [0.5, 0.6) is 5.75 Å². The minimum absolute atomic E-state index is 0.0890. The molecule has 2 rings (SSSR count). The van der Waals surface area contributed by atoms with Crippen molar-refractivity contribution in [1.82, 2.24) is 5.32 Å². The topological polar surface area (TPSA) is 76.4 Å². The van der Waals surface area contributed by atoms with Gasteiger partial charge in [-0.1, -0.05) is 18.9 Å². The Balaban J connectivity index is 1.85. The Bertz CT molecular complexity index is 456.